The fourth-order valence-electron chi connectivity index (χ4n) is 2.21. The third kappa shape index (κ3) is 3.43. The maximum atomic E-state index is 9.23. The van der Waals surface area contributed by atoms with Crippen molar-refractivity contribution in [2.24, 2.45) is 0 Å². The minimum Gasteiger partial charge on any atom is -0.508 e. The van der Waals surface area contributed by atoms with Crippen LogP contribution in [-0.4, -0.2) is 53.4 Å². The van der Waals surface area contributed by atoms with Crippen LogP contribution in [0.4, 0.5) is 11.6 Å². The van der Waals surface area contributed by atoms with Crippen molar-refractivity contribution in [2.45, 2.75) is 6.54 Å². The van der Waals surface area contributed by atoms with Crippen LogP contribution in [-0.2, 0) is 6.54 Å². The standard InChI is InChI=1S/C14H19N5O2/c1-18-6-8-19(9-7-18)14-16-13(21-17-14)10-15-11-2-4-12(20)5-3-11/h2-5,15,20H,6-10H2,1H3. The molecular weight excluding hydrogens is 270 g/mol. The molecule has 3 rings (SSSR count). The molecule has 1 fully saturated rings. The van der Waals surface area contributed by atoms with Crippen LogP contribution in [0.1, 0.15) is 5.89 Å². The van der Waals surface area contributed by atoms with Gasteiger partial charge in [0.05, 0.1) is 6.54 Å². The predicted octanol–water partition coefficient (Wildman–Crippen LogP) is 1.14. The predicted molar refractivity (Wildman–Crippen MR) is 79.4 cm³/mol. The summed E-state index contributed by atoms with van der Waals surface area (Å²) >= 11 is 0. The van der Waals surface area contributed by atoms with E-state index in [0.29, 0.717) is 18.4 Å². The van der Waals surface area contributed by atoms with Crippen LogP contribution in [0, 0.1) is 0 Å². The van der Waals surface area contributed by atoms with Gasteiger partial charge in [0, 0.05) is 31.9 Å². The number of anilines is 2. The molecule has 1 saturated heterocycles. The van der Waals surface area contributed by atoms with Crippen molar-refractivity contribution in [2.75, 3.05) is 43.4 Å². The van der Waals surface area contributed by atoms with Crippen molar-refractivity contribution in [1.29, 1.82) is 0 Å². The van der Waals surface area contributed by atoms with Crippen LogP contribution < -0.4 is 10.2 Å². The highest BCUT2D eigenvalue weighted by Crippen LogP contribution is 2.16. The molecule has 0 radical (unpaired) electrons. The second-order valence-electron chi connectivity index (χ2n) is 5.18. The van der Waals surface area contributed by atoms with Gasteiger partial charge in [-0.05, 0) is 36.5 Å². The molecule has 7 nitrogen and oxygen atoms in total. The molecule has 1 aromatic heterocycles. The lowest BCUT2D eigenvalue weighted by Crippen LogP contribution is -2.44. The van der Waals surface area contributed by atoms with Crippen LogP contribution >= 0.6 is 0 Å². The first-order valence-electron chi connectivity index (χ1n) is 7.00. The van der Waals surface area contributed by atoms with Gasteiger partial charge in [0.1, 0.15) is 5.75 Å². The Morgan fingerprint density at radius 1 is 1.19 bits per heavy atom. The molecule has 0 unspecified atom stereocenters. The van der Waals surface area contributed by atoms with E-state index < -0.39 is 0 Å². The van der Waals surface area contributed by atoms with Gasteiger partial charge in [-0.1, -0.05) is 0 Å². The lowest BCUT2D eigenvalue weighted by Gasteiger charge is -2.31. The normalized spacial score (nSPS) is 16.1. The van der Waals surface area contributed by atoms with Gasteiger partial charge < -0.3 is 24.7 Å². The summed E-state index contributed by atoms with van der Waals surface area (Å²) in [6.45, 7) is 4.32. The largest absolute Gasteiger partial charge is 0.508 e. The summed E-state index contributed by atoms with van der Waals surface area (Å²) in [5, 5.41) is 16.4. The van der Waals surface area contributed by atoms with Crippen molar-refractivity contribution < 1.29 is 9.63 Å². The Morgan fingerprint density at radius 3 is 2.62 bits per heavy atom. The molecule has 2 N–H and O–H groups in total. The molecule has 0 saturated carbocycles. The zero-order chi connectivity index (χ0) is 14.7. The van der Waals surface area contributed by atoms with Gasteiger partial charge in [-0.3, -0.25) is 0 Å². The Kier molecular flexibility index (Phi) is 3.92. The molecule has 0 spiro atoms. The summed E-state index contributed by atoms with van der Waals surface area (Å²) in [4.78, 5) is 8.82. The number of phenolic OH excluding ortho intramolecular Hbond substituents is 1. The highest BCUT2D eigenvalue weighted by Gasteiger charge is 2.18. The summed E-state index contributed by atoms with van der Waals surface area (Å²) < 4.78 is 5.26. The van der Waals surface area contributed by atoms with E-state index in [1.54, 1.807) is 24.3 Å². The van der Waals surface area contributed by atoms with E-state index in [1.807, 2.05) is 0 Å². The summed E-state index contributed by atoms with van der Waals surface area (Å²) in [6, 6.07) is 6.86. The topological polar surface area (TPSA) is 77.7 Å². The number of hydrogen-bond acceptors (Lipinski definition) is 7. The molecule has 0 amide bonds. The van der Waals surface area contributed by atoms with Gasteiger partial charge in [0.2, 0.25) is 5.89 Å². The number of phenols is 1. The lowest BCUT2D eigenvalue weighted by molar-refractivity contribution is 0.308. The van der Waals surface area contributed by atoms with E-state index in [4.69, 9.17) is 4.52 Å². The van der Waals surface area contributed by atoms with Gasteiger partial charge in [-0.2, -0.15) is 4.98 Å². The third-order valence-electron chi connectivity index (χ3n) is 3.55. The van der Waals surface area contributed by atoms with Gasteiger partial charge in [-0.25, -0.2) is 0 Å². The molecule has 1 aromatic carbocycles. The van der Waals surface area contributed by atoms with Crippen molar-refractivity contribution >= 4 is 11.6 Å². The Balaban J connectivity index is 1.56. The van der Waals surface area contributed by atoms with E-state index in [2.05, 4.69) is 32.3 Å². The van der Waals surface area contributed by atoms with E-state index >= 15 is 0 Å². The number of piperazine rings is 1. The minimum atomic E-state index is 0.246. The first kappa shape index (κ1) is 13.7. The smallest absolute Gasteiger partial charge is 0.266 e. The van der Waals surface area contributed by atoms with Crippen molar-refractivity contribution in [3.8, 4) is 5.75 Å². The molecule has 0 aliphatic carbocycles. The Hall–Kier alpha value is -2.28. The fourth-order valence-corrected chi connectivity index (χ4v) is 2.21. The summed E-state index contributed by atoms with van der Waals surface area (Å²) in [5.74, 6) is 1.46. The summed E-state index contributed by atoms with van der Waals surface area (Å²) in [5.41, 5.74) is 0.896. The summed E-state index contributed by atoms with van der Waals surface area (Å²) in [7, 11) is 2.11. The van der Waals surface area contributed by atoms with Gasteiger partial charge in [0.15, 0.2) is 0 Å². The Bertz CT molecular complexity index is 575. The number of likely N-dealkylation sites (N-methyl/N-ethyl adjacent to an activating group) is 1. The maximum Gasteiger partial charge on any atom is 0.266 e. The first-order chi connectivity index (χ1) is 10.2. The number of hydrogen-bond donors (Lipinski definition) is 2. The molecule has 2 heterocycles. The van der Waals surface area contributed by atoms with E-state index in [9.17, 15) is 5.11 Å². The SMILES string of the molecule is CN1CCN(c2noc(CNc3ccc(O)cc3)n2)CC1. The number of nitrogens with one attached hydrogen (secondary N) is 1. The average molecular weight is 289 g/mol. The molecule has 0 bridgehead atoms. The molecule has 1 aliphatic heterocycles. The van der Waals surface area contributed by atoms with Gasteiger partial charge >= 0.3 is 0 Å². The fraction of sp³-hybridized carbons (Fsp3) is 0.429. The molecule has 7 heteroatoms. The number of aromatic nitrogens is 2. The van der Waals surface area contributed by atoms with Crippen molar-refractivity contribution in [1.82, 2.24) is 15.0 Å². The molecule has 2 aromatic rings. The van der Waals surface area contributed by atoms with Crippen LogP contribution in [0.3, 0.4) is 0 Å². The quantitative estimate of drug-likeness (QED) is 0.817. The van der Waals surface area contributed by atoms with Crippen LogP contribution in [0.25, 0.3) is 0 Å². The molecule has 0 atom stereocenters. The highest BCUT2D eigenvalue weighted by atomic mass is 16.5. The van der Waals surface area contributed by atoms with Crippen molar-refractivity contribution in [3.63, 3.8) is 0 Å². The zero-order valence-electron chi connectivity index (χ0n) is 12.0. The number of rotatable bonds is 4. The third-order valence-corrected chi connectivity index (χ3v) is 3.55. The first-order valence-corrected chi connectivity index (χ1v) is 7.00. The Labute approximate surface area is 123 Å². The van der Waals surface area contributed by atoms with Crippen LogP contribution in [0.15, 0.2) is 28.8 Å². The molecule has 21 heavy (non-hydrogen) atoms. The monoisotopic (exact) mass is 289 g/mol. The van der Waals surface area contributed by atoms with E-state index in [-0.39, 0.29) is 5.75 Å². The van der Waals surface area contributed by atoms with E-state index in [0.717, 1.165) is 31.9 Å². The second-order valence-corrected chi connectivity index (χ2v) is 5.18. The van der Waals surface area contributed by atoms with Gasteiger partial charge in [0.25, 0.3) is 5.95 Å². The lowest BCUT2D eigenvalue weighted by atomic mass is 10.3. The van der Waals surface area contributed by atoms with E-state index in [1.165, 1.54) is 0 Å². The number of nitrogens with zero attached hydrogens (tertiary/aromatic N) is 4. The number of aromatic hydroxyl groups is 1. The highest BCUT2D eigenvalue weighted by molar-refractivity contribution is 5.45. The van der Waals surface area contributed by atoms with Crippen molar-refractivity contribution in [3.05, 3.63) is 30.2 Å². The maximum absolute atomic E-state index is 9.23. The average Bonchev–Trinajstić information content (AvgIpc) is 2.96. The molecule has 112 valence electrons. The minimum absolute atomic E-state index is 0.246. The van der Waals surface area contributed by atoms with Crippen LogP contribution in [0.2, 0.25) is 0 Å². The van der Waals surface area contributed by atoms with Crippen LogP contribution in [0.5, 0.6) is 5.75 Å². The zero-order valence-corrected chi connectivity index (χ0v) is 12.0. The Morgan fingerprint density at radius 2 is 1.90 bits per heavy atom. The molecular formula is C14H19N5O2. The molecule has 1 aliphatic rings. The van der Waals surface area contributed by atoms with Gasteiger partial charge in [-0.15, -0.1) is 0 Å². The second kappa shape index (κ2) is 6.01. The number of benzene rings is 1. The summed E-state index contributed by atoms with van der Waals surface area (Å²) in [6.07, 6.45) is 0.